The SMILES string of the molecule is CC(=O)Nc1cccc(C(=O)Nc2ccc(C(F)(C(F)(F)F)C(F)(F)F)cc2C)c1C(=O)NCCC(C)C. The summed E-state index contributed by atoms with van der Waals surface area (Å²) in [6.45, 7) is 6.39. The minimum atomic E-state index is -6.29. The minimum absolute atomic E-state index is 0.0110. The summed E-state index contributed by atoms with van der Waals surface area (Å²) < 4.78 is 93.0. The summed E-state index contributed by atoms with van der Waals surface area (Å²) in [5, 5.41) is 7.40. The molecule has 0 saturated heterocycles. The van der Waals surface area contributed by atoms with Crippen molar-refractivity contribution in [3.05, 3.63) is 58.7 Å². The van der Waals surface area contributed by atoms with Gasteiger partial charge in [-0.3, -0.25) is 14.4 Å². The highest BCUT2D eigenvalue weighted by Crippen LogP contribution is 2.53. The Morgan fingerprint density at radius 3 is 1.95 bits per heavy atom. The maximum absolute atomic E-state index is 14.4. The van der Waals surface area contributed by atoms with E-state index >= 15 is 0 Å². The molecule has 0 aromatic heterocycles. The first-order valence-corrected chi connectivity index (χ1v) is 11.3. The van der Waals surface area contributed by atoms with Crippen LogP contribution in [0.1, 0.15) is 59.0 Å². The predicted molar refractivity (Wildman–Crippen MR) is 127 cm³/mol. The number of anilines is 2. The van der Waals surface area contributed by atoms with E-state index < -0.39 is 41.3 Å². The number of hydrogen-bond donors (Lipinski definition) is 3. The van der Waals surface area contributed by atoms with Crippen LogP contribution >= 0.6 is 0 Å². The van der Waals surface area contributed by atoms with Crippen molar-refractivity contribution in [2.75, 3.05) is 17.2 Å². The molecule has 0 heterocycles. The van der Waals surface area contributed by atoms with Crippen molar-refractivity contribution in [2.24, 2.45) is 5.92 Å². The van der Waals surface area contributed by atoms with Crippen LogP contribution in [0.2, 0.25) is 0 Å². The Morgan fingerprint density at radius 1 is 0.842 bits per heavy atom. The van der Waals surface area contributed by atoms with Crippen LogP contribution in [-0.4, -0.2) is 36.6 Å². The van der Waals surface area contributed by atoms with E-state index in [0.717, 1.165) is 6.92 Å². The van der Waals surface area contributed by atoms with Crippen molar-refractivity contribution >= 4 is 29.1 Å². The third kappa shape index (κ3) is 6.62. The van der Waals surface area contributed by atoms with Gasteiger partial charge in [0.05, 0.1) is 16.8 Å². The smallest absolute Gasteiger partial charge is 0.352 e. The first kappa shape index (κ1) is 30.6. The zero-order chi connectivity index (χ0) is 29.1. The van der Waals surface area contributed by atoms with Gasteiger partial charge < -0.3 is 16.0 Å². The molecule has 0 atom stereocenters. The van der Waals surface area contributed by atoms with Gasteiger partial charge in [-0.05, 0) is 43.0 Å². The highest BCUT2D eigenvalue weighted by Gasteiger charge is 2.73. The summed E-state index contributed by atoms with van der Waals surface area (Å²) in [4.78, 5) is 37.6. The van der Waals surface area contributed by atoms with E-state index in [4.69, 9.17) is 0 Å². The zero-order valence-corrected chi connectivity index (χ0v) is 20.8. The number of hydrogen-bond acceptors (Lipinski definition) is 3. The molecule has 3 N–H and O–H groups in total. The van der Waals surface area contributed by atoms with Crippen molar-refractivity contribution in [2.45, 2.75) is 52.1 Å². The monoisotopic (exact) mass is 549 g/mol. The Labute approximate surface area is 214 Å². The van der Waals surface area contributed by atoms with Crippen LogP contribution in [0.4, 0.5) is 42.1 Å². The molecule has 0 fully saturated rings. The van der Waals surface area contributed by atoms with E-state index in [1.165, 1.54) is 25.1 Å². The normalized spacial score (nSPS) is 12.3. The van der Waals surface area contributed by atoms with Crippen LogP contribution in [0, 0.1) is 12.8 Å². The van der Waals surface area contributed by atoms with Crippen molar-refractivity contribution in [3.8, 4) is 0 Å². The van der Waals surface area contributed by atoms with Crippen LogP contribution in [0.3, 0.4) is 0 Å². The Hall–Kier alpha value is -3.64. The van der Waals surface area contributed by atoms with Gasteiger partial charge in [-0.15, -0.1) is 0 Å². The Bertz CT molecular complexity index is 1190. The van der Waals surface area contributed by atoms with E-state index in [0.29, 0.717) is 18.6 Å². The Balaban J connectivity index is 2.46. The van der Waals surface area contributed by atoms with Gasteiger partial charge in [-0.2, -0.15) is 26.3 Å². The summed E-state index contributed by atoms with van der Waals surface area (Å²) in [7, 11) is 0. The van der Waals surface area contributed by atoms with Crippen molar-refractivity contribution in [1.82, 2.24) is 5.32 Å². The van der Waals surface area contributed by atoms with Crippen LogP contribution in [0.5, 0.6) is 0 Å². The van der Waals surface area contributed by atoms with Crippen LogP contribution < -0.4 is 16.0 Å². The van der Waals surface area contributed by atoms with Crippen LogP contribution in [0.25, 0.3) is 0 Å². The van der Waals surface area contributed by atoms with E-state index in [9.17, 15) is 45.1 Å². The molecule has 0 aliphatic heterocycles. The van der Waals surface area contributed by atoms with Gasteiger partial charge in [0.2, 0.25) is 5.91 Å². The number of aryl methyl sites for hydroxylation is 1. The molecule has 0 unspecified atom stereocenters. The molecular formula is C25H26F7N3O3. The van der Waals surface area contributed by atoms with Crippen molar-refractivity contribution in [3.63, 3.8) is 0 Å². The molecule has 0 saturated carbocycles. The van der Waals surface area contributed by atoms with E-state index in [2.05, 4.69) is 16.0 Å². The molecule has 0 radical (unpaired) electrons. The van der Waals surface area contributed by atoms with Gasteiger partial charge in [-0.1, -0.05) is 32.0 Å². The zero-order valence-electron chi connectivity index (χ0n) is 20.8. The summed E-state index contributed by atoms with van der Waals surface area (Å²) in [6.07, 6.45) is -12.0. The summed E-state index contributed by atoms with van der Waals surface area (Å²) in [5.74, 6) is -1.91. The number of nitrogens with one attached hydrogen (secondary N) is 3. The predicted octanol–water partition coefficient (Wildman–Crippen LogP) is 6.27. The molecule has 0 aliphatic rings. The maximum atomic E-state index is 14.4. The van der Waals surface area contributed by atoms with Gasteiger partial charge in [-0.25, -0.2) is 4.39 Å². The summed E-state index contributed by atoms with van der Waals surface area (Å²) >= 11 is 0. The second-order valence-corrected chi connectivity index (χ2v) is 8.99. The number of amides is 3. The average Bonchev–Trinajstić information content (AvgIpc) is 2.77. The van der Waals surface area contributed by atoms with Gasteiger partial charge in [0.1, 0.15) is 0 Å². The second-order valence-electron chi connectivity index (χ2n) is 8.99. The molecule has 0 spiro atoms. The average molecular weight is 549 g/mol. The van der Waals surface area contributed by atoms with Gasteiger partial charge in [0.25, 0.3) is 11.8 Å². The van der Waals surface area contributed by atoms with Crippen LogP contribution in [-0.2, 0) is 10.5 Å². The molecular weight excluding hydrogens is 523 g/mol. The lowest BCUT2D eigenvalue weighted by Crippen LogP contribution is -2.50. The molecule has 2 aromatic carbocycles. The minimum Gasteiger partial charge on any atom is -0.352 e. The van der Waals surface area contributed by atoms with Crippen LogP contribution in [0.15, 0.2) is 36.4 Å². The van der Waals surface area contributed by atoms with Crippen molar-refractivity contribution < 1.29 is 45.1 Å². The molecule has 2 aromatic rings. The topological polar surface area (TPSA) is 87.3 Å². The Kier molecular flexibility index (Phi) is 9.17. The summed E-state index contributed by atoms with van der Waals surface area (Å²) in [5.41, 5.74) is -8.26. The molecule has 0 aliphatic carbocycles. The molecule has 2 rings (SSSR count). The third-order valence-corrected chi connectivity index (χ3v) is 5.51. The molecule has 38 heavy (non-hydrogen) atoms. The number of rotatable bonds is 8. The van der Waals surface area contributed by atoms with Gasteiger partial charge in [0.15, 0.2) is 0 Å². The summed E-state index contributed by atoms with van der Waals surface area (Å²) in [6, 6.07) is 5.31. The molecule has 13 heteroatoms. The number of carbonyl (C=O) groups excluding carboxylic acids is 3. The fraction of sp³-hybridized carbons (Fsp3) is 0.400. The first-order chi connectivity index (χ1) is 17.4. The molecule has 3 amide bonds. The number of carbonyl (C=O) groups is 3. The lowest BCUT2D eigenvalue weighted by Gasteiger charge is -2.30. The first-order valence-electron chi connectivity index (χ1n) is 11.3. The quantitative estimate of drug-likeness (QED) is 0.339. The van der Waals surface area contributed by atoms with Gasteiger partial charge >= 0.3 is 18.0 Å². The lowest BCUT2D eigenvalue weighted by molar-refractivity contribution is -0.348. The van der Waals surface area contributed by atoms with E-state index in [1.54, 1.807) is 0 Å². The standard InChI is InChI=1S/C25H26F7N3O3/c1-13(2)10-11-33-22(38)20-17(6-5-7-19(20)34-15(4)36)21(37)35-18-9-8-16(12-14(18)3)23(26,24(27,28)29)25(30,31)32/h5-9,12-13H,10-11H2,1-4H3,(H,33,38)(H,34,36)(H,35,37). The largest absolute Gasteiger partial charge is 0.435 e. The van der Waals surface area contributed by atoms with E-state index in [-0.39, 0.29) is 46.6 Å². The Morgan fingerprint density at radius 2 is 1.45 bits per heavy atom. The lowest BCUT2D eigenvalue weighted by atomic mass is 9.92. The number of benzene rings is 2. The molecule has 208 valence electrons. The highest BCUT2D eigenvalue weighted by molar-refractivity contribution is 6.15. The maximum Gasteiger partial charge on any atom is 0.435 e. The molecule has 6 nitrogen and oxygen atoms in total. The van der Waals surface area contributed by atoms with Crippen molar-refractivity contribution in [1.29, 1.82) is 0 Å². The fourth-order valence-corrected chi connectivity index (χ4v) is 3.54. The fourth-order valence-electron chi connectivity index (χ4n) is 3.54. The van der Waals surface area contributed by atoms with Gasteiger partial charge in [0, 0.05) is 24.7 Å². The number of halogens is 7. The highest BCUT2D eigenvalue weighted by atomic mass is 19.4. The van der Waals surface area contributed by atoms with E-state index in [1.807, 2.05) is 13.8 Å². The number of alkyl halides is 7. The third-order valence-electron chi connectivity index (χ3n) is 5.51. The molecule has 0 bridgehead atoms. The second kappa shape index (κ2) is 11.4.